The van der Waals surface area contributed by atoms with Gasteiger partial charge in [0, 0.05) is 13.0 Å². The van der Waals surface area contributed by atoms with Crippen LogP contribution in [0.25, 0.3) is 0 Å². The highest BCUT2D eigenvalue weighted by Crippen LogP contribution is 2.60. The molecule has 1 spiro atoms. The van der Waals surface area contributed by atoms with Crippen molar-refractivity contribution in [1.29, 1.82) is 0 Å². The van der Waals surface area contributed by atoms with Crippen molar-refractivity contribution in [2.75, 3.05) is 18.1 Å². The zero-order valence-corrected chi connectivity index (χ0v) is 29.9. The van der Waals surface area contributed by atoms with Crippen LogP contribution in [0.5, 0.6) is 0 Å². The normalized spacial score (nSPS) is 24.8. The topological polar surface area (TPSA) is 125 Å². The average Bonchev–Trinajstić information content (AvgIpc) is 3.80. The van der Waals surface area contributed by atoms with E-state index in [1.807, 2.05) is 36.4 Å². The van der Waals surface area contributed by atoms with E-state index in [0.29, 0.717) is 41.1 Å². The first-order valence-corrected chi connectivity index (χ1v) is 18.0. The number of likely N-dealkylation sites (tertiary alicyclic amines) is 1. The van der Waals surface area contributed by atoms with Crippen molar-refractivity contribution in [3.63, 3.8) is 0 Å². The molecule has 8 atom stereocenters. The lowest BCUT2D eigenvalue weighted by Gasteiger charge is -2.39. The fourth-order valence-corrected chi connectivity index (χ4v) is 8.44. The third kappa shape index (κ3) is 6.78. The second-order valence-electron chi connectivity index (χ2n) is 13.6. The first kappa shape index (κ1) is 37.0. The van der Waals surface area contributed by atoms with Crippen molar-refractivity contribution < 1.29 is 33.8 Å². The fourth-order valence-electron chi connectivity index (χ4n) is 8.20. The fraction of sp³-hybridized carbons (Fsp3) is 0.366. The lowest BCUT2D eigenvalue weighted by molar-refractivity contribution is -0.162. The molecule has 272 valence electrons. The van der Waals surface area contributed by atoms with Crippen LogP contribution in [0.1, 0.15) is 55.9 Å². The van der Waals surface area contributed by atoms with E-state index < -0.39 is 72.2 Å². The van der Waals surface area contributed by atoms with Gasteiger partial charge in [-0.3, -0.25) is 19.2 Å². The molecule has 2 bridgehead atoms. The number of amides is 3. The highest BCUT2D eigenvalue weighted by molar-refractivity contribution is 6.34. The number of nitrogens with zero attached hydrogens (tertiary/aromatic N) is 2. The molecule has 3 aromatic carbocycles. The number of aliphatic hydroxyl groups excluding tert-OH is 1. The monoisotopic (exact) mass is 725 g/mol. The largest absolute Gasteiger partial charge is 0.455 e. The van der Waals surface area contributed by atoms with Crippen LogP contribution in [0.15, 0.2) is 110 Å². The van der Waals surface area contributed by atoms with Crippen molar-refractivity contribution in [3.8, 4) is 0 Å². The number of rotatable bonds is 15. The quantitative estimate of drug-likeness (QED) is 0.152. The van der Waals surface area contributed by atoms with Crippen LogP contribution in [-0.2, 0) is 28.7 Å². The van der Waals surface area contributed by atoms with E-state index in [1.54, 1.807) is 67.6 Å². The molecule has 0 radical (unpaired) electrons. The van der Waals surface area contributed by atoms with Gasteiger partial charge in [0.05, 0.1) is 47.3 Å². The maximum atomic E-state index is 15.0. The van der Waals surface area contributed by atoms with Gasteiger partial charge in [0.15, 0.2) is 0 Å². The summed E-state index contributed by atoms with van der Waals surface area (Å²) < 4.78 is 13.0. The van der Waals surface area contributed by atoms with E-state index >= 15 is 4.79 Å². The van der Waals surface area contributed by atoms with Gasteiger partial charge in [0.25, 0.3) is 5.91 Å². The molecule has 0 aromatic heterocycles. The van der Waals surface area contributed by atoms with E-state index in [1.165, 1.54) is 9.80 Å². The highest BCUT2D eigenvalue weighted by atomic mass is 35.5. The van der Waals surface area contributed by atoms with E-state index in [-0.39, 0.29) is 18.9 Å². The number of halogens is 1. The summed E-state index contributed by atoms with van der Waals surface area (Å²) in [5, 5.41) is 14.1. The predicted molar refractivity (Wildman–Crippen MR) is 197 cm³/mol. The van der Waals surface area contributed by atoms with Gasteiger partial charge < -0.3 is 29.7 Å². The third-order valence-electron chi connectivity index (χ3n) is 10.4. The summed E-state index contributed by atoms with van der Waals surface area (Å²) in [5.74, 6) is -3.94. The zero-order valence-electron chi connectivity index (χ0n) is 29.1. The Kier molecular flexibility index (Phi) is 11.3. The number of esters is 1. The van der Waals surface area contributed by atoms with Crippen LogP contribution in [0.3, 0.4) is 0 Å². The smallest absolute Gasteiger partial charge is 0.313 e. The van der Waals surface area contributed by atoms with Crippen LogP contribution in [0.4, 0.5) is 5.69 Å². The molecular formula is C41H44ClN3O7. The summed E-state index contributed by atoms with van der Waals surface area (Å²) in [4.78, 5) is 60.1. The third-order valence-corrected chi connectivity index (χ3v) is 10.8. The number of fused-ring (bicyclic) bond motifs is 1. The number of aliphatic hydroxyl groups is 1. The Morgan fingerprint density at radius 3 is 2.33 bits per heavy atom. The molecule has 0 saturated carbocycles. The van der Waals surface area contributed by atoms with Crippen molar-refractivity contribution in [2.24, 2.45) is 11.8 Å². The molecule has 3 heterocycles. The molecule has 6 rings (SSSR count). The summed E-state index contributed by atoms with van der Waals surface area (Å²) in [7, 11) is 0. The zero-order chi connectivity index (χ0) is 37.0. The minimum atomic E-state index is -1.39. The summed E-state index contributed by atoms with van der Waals surface area (Å²) in [5.41, 5.74) is 0.333. The van der Waals surface area contributed by atoms with Gasteiger partial charge in [-0.15, -0.1) is 13.2 Å². The van der Waals surface area contributed by atoms with Gasteiger partial charge in [0.2, 0.25) is 11.8 Å². The first-order chi connectivity index (χ1) is 25.2. The molecule has 52 heavy (non-hydrogen) atoms. The number of carbonyl (C=O) groups is 4. The molecule has 3 amide bonds. The Bertz CT molecular complexity index is 1810. The van der Waals surface area contributed by atoms with Gasteiger partial charge in [-0.25, -0.2) is 0 Å². The van der Waals surface area contributed by atoms with Crippen molar-refractivity contribution in [2.45, 2.75) is 68.5 Å². The Balaban J connectivity index is 1.39. The number of hydrogen-bond donors (Lipinski definition) is 2. The van der Waals surface area contributed by atoms with Crippen molar-refractivity contribution >= 4 is 41.0 Å². The molecule has 0 unspecified atom stereocenters. The van der Waals surface area contributed by atoms with E-state index in [2.05, 4.69) is 18.5 Å². The number of nitrogens with one attached hydrogen (secondary N) is 1. The van der Waals surface area contributed by atoms with Gasteiger partial charge in [-0.2, -0.15) is 0 Å². The lowest BCUT2D eigenvalue weighted by atomic mass is 9.70. The Labute approximate surface area is 309 Å². The summed E-state index contributed by atoms with van der Waals surface area (Å²) in [6.07, 6.45) is 3.14. The molecule has 2 N–H and O–H groups in total. The molecule has 3 fully saturated rings. The second-order valence-corrected chi connectivity index (χ2v) is 14.0. The maximum Gasteiger partial charge on any atom is 0.313 e. The number of benzene rings is 3. The van der Waals surface area contributed by atoms with E-state index in [4.69, 9.17) is 21.1 Å². The Morgan fingerprint density at radius 1 is 1.04 bits per heavy atom. The predicted octanol–water partition coefficient (Wildman–Crippen LogP) is 5.72. The molecule has 3 saturated heterocycles. The SMILES string of the molecule is C=CCCC(=O)N[C@H](C)[C@@H](OC(=O)[C@@H]1[C@H]2C(=O)N([C@H](CO)c3ccccc3)[C@H](C(=O)N(CC=C)c3ccccc3Cl)[C@]23CC[C@H]1O3)c1ccccc1. The van der Waals surface area contributed by atoms with Crippen LogP contribution in [0, 0.1) is 11.8 Å². The summed E-state index contributed by atoms with van der Waals surface area (Å²) in [6, 6.07) is 22.3. The van der Waals surface area contributed by atoms with Gasteiger partial charge in [-0.1, -0.05) is 96.5 Å². The van der Waals surface area contributed by atoms with Gasteiger partial charge in [0.1, 0.15) is 17.7 Å². The van der Waals surface area contributed by atoms with Crippen LogP contribution in [-0.4, -0.2) is 70.6 Å². The number of anilines is 1. The van der Waals surface area contributed by atoms with Crippen molar-refractivity contribution in [1.82, 2.24) is 10.2 Å². The van der Waals surface area contributed by atoms with Crippen LogP contribution < -0.4 is 10.2 Å². The number of allylic oxidation sites excluding steroid dienone is 1. The van der Waals surface area contributed by atoms with Crippen LogP contribution >= 0.6 is 11.6 Å². The minimum absolute atomic E-state index is 0.0844. The minimum Gasteiger partial charge on any atom is -0.455 e. The number of hydrogen-bond acceptors (Lipinski definition) is 7. The standard InChI is InChI=1S/C41H44ClN3O7/c1-4-6-21-33(47)43-26(3)36(28-17-11-8-12-18-28)51-40(50)34-32-22-23-41(52-32)35(34)38(48)45(31(25-46)27-15-9-7-10-16-27)37(41)39(49)44(24-5-2)30-20-14-13-19-29(30)42/h4-5,7-20,26,31-32,34-37,46H,1-2,6,21-25H2,3H3,(H,43,47)/t26-,31-,32-,34+,35+,36-,37-,41+/m1/s1. The van der Waals surface area contributed by atoms with Crippen molar-refractivity contribution in [3.05, 3.63) is 126 Å². The molecule has 3 aromatic rings. The number of carbonyl (C=O) groups excluding carboxylic acids is 4. The molecule has 0 aliphatic carbocycles. The molecule has 11 heteroatoms. The highest BCUT2D eigenvalue weighted by Gasteiger charge is 2.76. The molecule has 3 aliphatic rings. The molecule has 3 aliphatic heterocycles. The summed E-state index contributed by atoms with van der Waals surface area (Å²) in [6.45, 7) is 8.92. The number of ether oxygens (including phenoxy) is 2. The maximum absolute atomic E-state index is 15.0. The second kappa shape index (κ2) is 15.9. The molecular weight excluding hydrogens is 682 g/mol. The first-order valence-electron chi connectivity index (χ1n) is 17.6. The van der Waals surface area contributed by atoms with Crippen LogP contribution in [0.2, 0.25) is 5.02 Å². The average molecular weight is 726 g/mol. The van der Waals surface area contributed by atoms with E-state index in [0.717, 1.165) is 0 Å². The van der Waals surface area contributed by atoms with Gasteiger partial charge >= 0.3 is 5.97 Å². The van der Waals surface area contributed by atoms with E-state index in [9.17, 15) is 19.5 Å². The van der Waals surface area contributed by atoms with Gasteiger partial charge in [-0.05, 0) is 49.4 Å². The summed E-state index contributed by atoms with van der Waals surface area (Å²) >= 11 is 6.62. The number of para-hydroxylation sites is 1. The Morgan fingerprint density at radius 2 is 1.69 bits per heavy atom. The molecule has 10 nitrogen and oxygen atoms in total. The Hall–Kier alpha value is -4.77. The lowest BCUT2D eigenvalue weighted by Crippen LogP contribution is -2.57.